The van der Waals surface area contributed by atoms with Gasteiger partial charge in [-0.1, -0.05) is 17.7 Å². The molecule has 0 aromatic carbocycles. The van der Waals surface area contributed by atoms with Crippen LogP contribution in [0.1, 0.15) is 24.1 Å². The number of nitrogens with zero attached hydrogens (tertiary/aromatic N) is 3. The Labute approximate surface area is 112 Å². The van der Waals surface area contributed by atoms with Crippen molar-refractivity contribution in [2.24, 2.45) is 0 Å². The fourth-order valence-corrected chi connectivity index (χ4v) is 1.99. The highest BCUT2D eigenvalue weighted by molar-refractivity contribution is 6.31. The molecule has 0 fully saturated rings. The number of hydrogen-bond acceptors (Lipinski definition) is 3. The monoisotopic (exact) mass is 261 g/mol. The molecule has 0 aliphatic carbocycles. The van der Waals surface area contributed by atoms with Gasteiger partial charge in [0.1, 0.15) is 0 Å². The van der Waals surface area contributed by atoms with Crippen molar-refractivity contribution in [3.63, 3.8) is 0 Å². The Balaban J connectivity index is 2.09. The third kappa shape index (κ3) is 3.06. The van der Waals surface area contributed by atoms with Gasteiger partial charge in [-0.25, -0.2) is 0 Å². The molecule has 0 bridgehead atoms. The number of hydrogen-bond donors (Lipinski definition) is 0. The zero-order valence-electron chi connectivity index (χ0n) is 10.5. The summed E-state index contributed by atoms with van der Waals surface area (Å²) in [6.07, 6.45) is 7.13. The second-order valence-corrected chi connectivity index (χ2v) is 4.75. The molecule has 2 aromatic rings. The van der Waals surface area contributed by atoms with Crippen LogP contribution in [0.15, 0.2) is 43.0 Å². The fourth-order valence-electron chi connectivity index (χ4n) is 1.82. The smallest absolute Gasteiger partial charge is 0.0634 e. The van der Waals surface area contributed by atoms with Crippen molar-refractivity contribution < 1.29 is 0 Å². The lowest BCUT2D eigenvalue weighted by molar-refractivity contribution is 0.252. The molecule has 0 saturated heterocycles. The first-order valence-corrected chi connectivity index (χ1v) is 6.25. The SMILES string of the molecule is C[C@@H](c1cccnc1)N(C)Cc1ccncc1Cl. The third-order valence-electron chi connectivity index (χ3n) is 3.10. The molecule has 0 aliphatic rings. The van der Waals surface area contributed by atoms with Gasteiger partial charge in [-0.05, 0) is 37.2 Å². The average Bonchev–Trinajstić information content (AvgIpc) is 2.41. The summed E-state index contributed by atoms with van der Waals surface area (Å²) in [6, 6.07) is 6.29. The Bertz CT molecular complexity index is 501. The van der Waals surface area contributed by atoms with Crippen LogP contribution in [0, 0.1) is 0 Å². The van der Waals surface area contributed by atoms with Crippen LogP contribution in [0.3, 0.4) is 0 Å². The Morgan fingerprint density at radius 3 is 2.67 bits per heavy atom. The van der Waals surface area contributed by atoms with E-state index >= 15 is 0 Å². The lowest BCUT2D eigenvalue weighted by Gasteiger charge is -2.25. The van der Waals surface area contributed by atoms with Crippen molar-refractivity contribution in [1.82, 2.24) is 14.9 Å². The van der Waals surface area contributed by atoms with Gasteiger partial charge >= 0.3 is 0 Å². The number of aromatic nitrogens is 2. The van der Waals surface area contributed by atoms with E-state index in [1.165, 1.54) is 5.56 Å². The molecule has 2 rings (SSSR count). The van der Waals surface area contributed by atoms with Crippen molar-refractivity contribution >= 4 is 11.6 Å². The van der Waals surface area contributed by atoms with Gasteiger partial charge in [0.2, 0.25) is 0 Å². The number of halogens is 1. The van der Waals surface area contributed by atoms with Gasteiger partial charge in [0.05, 0.1) is 5.02 Å². The van der Waals surface area contributed by atoms with Crippen molar-refractivity contribution in [2.45, 2.75) is 19.5 Å². The normalized spacial score (nSPS) is 12.7. The van der Waals surface area contributed by atoms with Crippen LogP contribution < -0.4 is 0 Å². The van der Waals surface area contributed by atoms with E-state index in [4.69, 9.17) is 11.6 Å². The van der Waals surface area contributed by atoms with Crippen LogP contribution in [0.5, 0.6) is 0 Å². The Kier molecular flexibility index (Phi) is 4.28. The summed E-state index contributed by atoms with van der Waals surface area (Å²) in [5.74, 6) is 0. The third-order valence-corrected chi connectivity index (χ3v) is 3.44. The maximum atomic E-state index is 6.12. The maximum absolute atomic E-state index is 6.12. The van der Waals surface area contributed by atoms with E-state index in [1.807, 2.05) is 18.3 Å². The van der Waals surface area contributed by atoms with Crippen LogP contribution >= 0.6 is 11.6 Å². The van der Waals surface area contributed by atoms with Gasteiger partial charge in [0.15, 0.2) is 0 Å². The molecule has 3 nitrogen and oxygen atoms in total. The summed E-state index contributed by atoms with van der Waals surface area (Å²) >= 11 is 6.12. The molecule has 0 spiro atoms. The van der Waals surface area contributed by atoms with Crippen LogP contribution in [-0.2, 0) is 6.54 Å². The van der Waals surface area contributed by atoms with Gasteiger partial charge in [0.25, 0.3) is 0 Å². The van der Waals surface area contributed by atoms with E-state index in [1.54, 1.807) is 18.6 Å². The van der Waals surface area contributed by atoms with Crippen LogP contribution in [0.25, 0.3) is 0 Å². The molecule has 18 heavy (non-hydrogen) atoms. The largest absolute Gasteiger partial charge is 0.295 e. The van der Waals surface area contributed by atoms with Crippen LogP contribution in [0.2, 0.25) is 5.02 Å². The van der Waals surface area contributed by atoms with E-state index < -0.39 is 0 Å². The lowest BCUT2D eigenvalue weighted by atomic mass is 10.1. The molecule has 1 atom stereocenters. The van der Waals surface area contributed by atoms with Gasteiger partial charge in [-0.2, -0.15) is 0 Å². The molecule has 0 aliphatic heterocycles. The molecular weight excluding hydrogens is 246 g/mol. The summed E-state index contributed by atoms with van der Waals surface area (Å²) in [6.45, 7) is 2.95. The second kappa shape index (κ2) is 5.94. The highest BCUT2D eigenvalue weighted by Gasteiger charge is 2.13. The van der Waals surface area contributed by atoms with Crippen molar-refractivity contribution in [3.8, 4) is 0 Å². The predicted molar refractivity (Wildman–Crippen MR) is 73.4 cm³/mol. The zero-order chi connectivity index (χ0) is 13.0. The summed E-state index contributed by atoms with van der Waals surface area (Å²) in [4.78, 5) is 10.4. The van der Waals surface area contributed by atoms with Gasteiger partial charge in [-0.15, -0.1) is 0 Å². The van der Waals surface area contributed by atoms with Crippen LogP contribution in [-0.4, -0.2) is 21.9 Å². The first kappa shape index (κ1) is 13.0. The molecule has 0 radical (unpaired) electrons. The standard InChI is InChI=1S/C14H16ClN3/c1-11(12-4-3-6-16-8-12)18(2)10-13-5-7-17-9-14(13)15/h3-9,11H,10H2,1-2H3/t11-/m0/s1. The number of rotatable bonds is 4. The molecule has 0 amide bonds. The van der Waals surface area contributed by atoms with Crippen molar-refractivity contribution in [3.05, 3.63) is 59.1 Å². The fraction of sp³-hybridized carbons (Fsp3) is 0.286. The van der Waals surface area contributed by atoms with Crippen molar-refractivity contribution in [1.29, 1.82) is 0 Å². The highest BCUT2D eigenvalue weighted by atomic mass is 35.5. The van der Waals surface area contributed by atoms with Crippen LogP contribution in [0.4, 0.5) is 0 Å². The summed E-state index contributed by atoms with van der Waals surface area (Å²) in [7, 11) is 2.08. The number of pyridine rings is 2. The summed E-state index contributed by atoms with van der Waals surface area (Å²) in [5, 5.41) is 0.711. The van der Waals surface area contributed by atoms with E-state index in [2.05, 4.69) is 34.9 Å². The minimum atomic E-state index is 0.294. The van der Waals surface area contributed by atoms with E-state index in [9.17, 15) is 0 Å². The average molecular weight is 262 g/mol. The molecule has 4 heteroatoms. The summed E-state index contributed by atoms with van der Waals surface area (Å²) in [5.41, 5.74) is 2.29. The van der Waals surface area contributed by atoms with Gasteiger partial charge < -0.3 is 0 Å². The zero-order valence-corrected chi connectivity index (χ0v) is 11.3. The Morgan fingerprint density at radius 2 is 2.00 bits per heavy atom. The quantitative estimate of drug-likeness (QED) is 0.845. The molecule has 0 saturated carbocycles. The summed E-state index contributed by atoms with van der Waals surface area (Å²) < 4.78 is 0. The first-order valence-electron chi connectivity index (χ1n) is 5.87. The molecule has 2 aromatic heterocycles. The Morgan fingerprint density at radius 1 is 1.22 bits per heavy atom. The van der Waals surface area contributed by atoms with Gasteiger partial charge in [-0.3, -0.25) is 14.9 Å². The maximum Gasteiger partial charge on any atom is 0.0634 e. The predicted octanol–water partition coefficient (Wildman–Crippen LogP) is 3.32. The van der Waals surface area contributed by atoms with E-state index in [-0.39, 0.29) is 0 Å². The molecular formula is C14H16ClN3. The second-order valence-electron chi connectivity index (χ2n) is 4.34. The Hall–Kier alpha value is -1.45. The topological polar surface area (TPSA) is 29.0 Å². The molecule has 0 unspecified atom stereocenters. The first-order chi connectivity index (χ1) is 8.68. The lowest BCUT2D eigenvalue weighted by Crippen LogP contribution is -2.22. The van der Waals surface area contributed by atoms with E-state index in [0.29, 0.717) is 11.1 Å². The molecule has 94 valence electrons. The molecule has 2 heterocycles. The molecule has 0 N–H and O–H groups in total. The van der Waals surface area contributed by atoms with Crippen molar-refractivity contribution in [2.75, 3.05) is 7.05 Å². The minimum absolute atomic E-state index is 0.294. The van der Waals surface area contributed by atoms with Gasteiger partial charge in [0, 0.05) is 37.4 Å². The minimum Gasteiger partial charge on any atom is -0.295 e. The van der Waals surface area contributed by atoms with E-state index in [0.717, 1.165) is 12.1 Å². The highest BCUT2D eigenvalue weighted by Crippen LogP contribution is 2.22.